The van der Waals surface area contributed by atoms with Crippen molar-refractivity contribution in [1.29, 1.82) is 0 Å². The molecule has 0 saturated heterocycles. The lowest BCUT2D eigenvalue weighted by molar-refractivity contribution is -0.139. The molecule has 0 aromatic carbocycles. The number of aromatic nitrogens is 2. The van der Waals surface area contributed by atoms with Crippen LogP contribution in [0.5, 0.6) is 0 Å². The van der Waals surface area contributed by atoms with E-state index in [4.69, 9.17) is 16.7 Å². The summed E-state index contributed by atoms with van der Waals surface area (Å²) in [7, 11) is 0. The predicted octanol–water partition coefficient (Wildman–Crippen LogP) is 1.82. The first-order valence-corrected chi connectivity index (χ1v) is 4.09. The lowest BCUT2D eigenvalue weighted by Crippen LogP contribution is -2.21. The van der Waals surface area contributed by atoms with Gasteiger partial charge in [-0.2, -0.15) is 5.10 Å². The Hall–Kier alpha value is -1.17. The molecule has 1 unspecified atom stereocenters. The molecule has 0 bridgehead atoms. The number of hydrogen-bond acceptors (Lipinski definition) is 2. The Bertz CT molecular complexity index is 329. The summed E-state index contributed by atoms with van der Waals surface area (Å²) in [6.07, 6.45) is -2.25. The fourth-order valence-electron chi connectivity index (χ4n) is 0.977. The highest BCUT2D eigenvalue weighted by molar-refractivity contribution is 6.29. The van der Waals surface area contributed by atoms with Crippen LogP contribution >= 0.6 is 11.6 Å². The molecule has 0 saturated carbocycles. The molecule has 0 radical (unpaired) electrons. The van der Waals surface area contributed by atoms with Crippen LogP contribution in [0.1, 0.15) is 12.5 Å². The topological polar surface area (TPSA) is 55.1 Å². The highest BCUT2D eigenvalue weighted by atomic mass is 35.5. The maximum atomic E-state index is 12.4. The van der Waals surface area contributed by atoms with Gasteiger partial charge in [0.15, 0.2) is 5.15 Å². The van der Waals surface area contributed by atoms with E-state index < -0.39 is 24.9 Å². The molecule has 0 amide bonds. The Labute approximate surface area is 83.1 Å². The maximum absolute atomic E-state index is 12.4. The summed E-state index contributed by atoms with van der Waals surface area (Å²) >= 11 is 5.42. The highest BCUT2D eigenvalue weighted by Gasteiger charge is 2.25. The van der Waals surface area contributed by atoms with Crippen LogP contribution in [0.3, 0.4) is 0 Å². The van der Waals surface area contributed by atoms with Crippen molar-refractivity contribution in [3.63, 3.8) is 0 Å². The van der Waals surface area contributed by atoms with Crippen molar-refractivity contribution < 1.29 is 18.7 Å². The summed E-state index contributed by atoms with van der Waals surface area (Å²) in [5, 5.41) is 12.0. The van der Waals surface area contributed by atoms with Gasteiger partial charge in [0.2, 0.25) is 0 Å². The third kappa shape index (κ3) is 2.66. The molecule has 0 aliphatic carbocycles. The number of halogens is 3. The second-order valence-electron chi connectivity index (χ2n) is 2.62. The Morgan fingerprint density at radius 1 is 1.71 bits per heavy atom. The summed E-state index contributed by atoms with van der Waals surface area (Å²) in [6, 6.07) is -0.154. The summed E-state index contributed by atoms with van der Waals surface area (Å²) in [4.78, 5) is 10.3. The van der Waals surface area contributed by atoms with Gasteiger partial charge in [-0.3, -0.25) is 9.48 Å². The summed E-state index contributed by atoms with van der Waals surface area (Å²) in [5.74, 6) is -1.30. The van der Waals surface area contributed by atoms with Crippen LogP contribution in [0.25, 0.3) is 0 Å². The van der Waals surface area contributed by atoms with Gasteiger partial charge in [0.1, 0.15) is 6.04 Å². The molecule has 1 rings (SSSR count). The van der Waals surface area contributed by atoms with Crippen molar-refractivity contribution in [3.8, 4) is 0 Å². The third-order valence-electron chi connectivity index (χ3n) is 1.59. The lowest BCUT2D eigenvalue weighted by Gasteiger charge is -2.13. The summed E-state index contributed by atoms with van der Waals surface area (Å²) < 4.78 is 25.6. The number of rotatable bonds is 4. The van der Waals surface area contributed by atoms with E-state index in [1.165, 1.54) is 12.3 Å². The monoisotopic (exact) mass is 224 g/mol. The third-order valence-corrected chi connectivity index (χ3v) is 1.79. The van der Waals surface area contributed by atoms with E-state index in [0.717, 1.165) is 4.68 Å². The van der Waals surface area contributed by atoms with Gasteiger partial charge in [-0.25, -0.2) is 8.78 Å². The second-order valence-corrected chi connectivity index (χ2v) is 3.01. The smallest absolute Gasteiger partial charge is 0.305 e. The molecule has 7 heteroatoms. The van der Waals surface area contributed by atoms with E-state index in [1.54, 1.807) is 0 Å². The van der Waals surface area contributed by atoms with Gasteiger partial charge in [0.05, 0.1) is 6.42 Å². The summed E-state index contributed by atoms with van der Waals surface area (Å²) in [5.41, 5.74) is 0. The molecular formula is C7H7ClF2N2O2. The average Bonchev–Trinajstić information content (AvgIpc) is 2.46. The minimum absolute atomic E-state index is 0.0565. The number of carbonyl (C=O) groups is 1. The van der Waals surface area contributed by atoms with Crippen molar-refractivity contribution in [3.05, 3.63) is 17.4 Å². The fourth-order valence-corrected chi connectivity index (χ4v) is 1.12. The molecule has 1 atom stereocenters. The lowest BCUT2D eigenvalue weighted by atomic mass is 10.2. The minimum atomic E-state index is -2.79. The first-order chi connectivity index (χ1) is 6.50. The van der Waals surface area contributed by atoms with Crippen LogP contribution < -0.4 is 0 Å². The van der Waals surface area contributed by atoms with Gasteiger partial charge < -0.3 is 5.11 Å². The molecular weight excluding hydrogens is 218 g/mol. The first-order valence-electron chi connectivity index (χ1n) is 3.71. The number of hydrogen-bond donors (Lipinski definition) is 1. The molecule has 0 fully saturated rings. The normalized spacial score (nSPS) is 13.1. The molecule has 78 valence electrons. The van der Waals surface area contributed by atoms with Crippen LogP contribution in [0.4, 0.5) is 8.78 Å². The van der Waals surface area contributed by atoms with Gasteiger partial charge >= 0.3 is 5.97 Å². The van der Waals surface area contributed by atoms with Gasteiger partial charge in [-0.05, 0) is 6.07 Å². The molecule has 0 aliphatic heterocycles. The summed E-state index contributed by atoms with van der Waals surface area (Å²) in [6.45, 7) is 0. The van der Waals surface area contributed by atoms with Gasteiger partial charge in [-0.1, -0.05) is 11.6 Å². The van der Waals surface area contributed by atoms with Gasteiger partial charge in [0.25, 0.3) is 6.43 Å². The zero-order valence-electron chi connectivity index (χ0n) is 6.90. The van der Waals surface area contributed by atoms with E-state index in [2.05, 4.69) is 5.10 Å². The van der Waals surface area contributed by atoms with Crippen molar-refractivity contribution in [2.75, 3.05) is 0 Å². The SMILES string of the molecule is O=C(O)CC(C(F)F)n1ccc(Cl)n1. The Balaban J connectivity index is 2.82. The Kier molecular flexibility index (Phi) is 3.40. The van der Waals surface area contributed by atoms with E-state index >= 15 is 0 Å². The quantitative estimate of drug-likeness (QED) is 0.849. The van der Waals surface area contributed by atoms with Crippen LogP contribution in [-0.4, -0.2) is 27.3 Å². The van der Waals surface area contributed by atoms with Crippen molar-refractivity contribution in [2.24, 2.45) is 0 Å². The van der Waals surface area contributed by atoms with E-state index in [1.807, 2.05) is 0 Å². The minimum Gasteiger partial charge on any atom is -0.481 e. The number of alkyl halides is 2. The molecule has 4 nitrogen and oxygen atoms in total. The maximum Gasteiger partial charge on any atom is 0.305 e. The average molecular weight is 225 g/mol. The second kappa shape index (κ2) is 4.36. The molecule has 14 heavy (non-hydrogen) atoms. The Morgan fingerprint density at radius 2 is 2.36 bits per heavy atom. The zero-order chi connectivity index (χ0) is 10.7. The standard InChI is InChI=1S/C7H7ClF2N2O2/c8-5-1-2-12(11-5)4(7(9)10)3-6(13)14/h1-2,4,7H,3H2,(H,13,14). The number of carboxylic acid groups (broad SMARTS) is 1. The highest BCUT2D eigenvalue weighted by Crippen LogP contribution is 2.20. The molecule has 1 heterocycles. The van der Waals surface area contributed by atoms with Crippen molar-refractivity contribution in [1.82, 2.24) is 9.78 Å². The largest absolute Gasteiger partial charge is 0.481 e. The zero-order valence-corrected chi connectivity index (χ0v) is 7.66. The van der Waals surface area contributed by atoms with Crippen LogP contribution in [0.15, 0.2) is 12.3 Å². The van der Waals surface area contributed by atoms with E-state index in [0.29, 0.717) is 0 Å². The van der Waals surface area contributed by atoms with Crippen LogP contribution in [0.2, 0.25) is 5.15 Å². The fraction of sp³-hybridized carbons (Fsp3) is 0.429. The van der Waals surface area contributed by atoms with Crippen molar-refractivity contribution in [2.45, 2.75) is 18.9 Å². The Morgan fingerprint density at radius 3 is 2.71 bits per heavy atom. The van der Waals surface area contributed by atoms with Crippen LogP contribution in [-0.2, 0) is 4.79 Å². The number of nitrogens with zero attached hydrogens (tertiary/aromatic N) is 2. The first kappa shape index (κ1) is 10.9. The molecule has 0 spiro atoms. The molecule has 0 aliphatic rings. The predicted molar refractivity (Wildman–Crippen MR) is 44.5 cm³/mol. The molecule has 1 aromatic rings. The number of carboxylic acids is 1. The molecule has 1 N–H and O–H groups in total. The number of aliphatic carboxylic acids is 1. The molecule has 1 aromatic heterocycles. The van der Waals surface area contributed by atoms with E-state index in [9.17, 15) is 13.6 Å². The van der Waals surface area contributed by atoms with Gasteiger partial charge in [0, 0.05) is 6.20 Å². The van der Waals surface area contributed by atoms with Gasteiger partial charge in [-0.15, -0.1) is 0 Å². The van der Waals surface area contributed by atoms with Crippen LogP contribution in [0, 0.1) is 0 Å². The van der Waals surface area contributed by atoms with E-state index in [-0.39, 0.29) is 5.15 Å². The van der Waals surface area contributed by atoms with Crippen molar-refractivity contribution >= 4 is 17.6 Å².